The SMILES string of the molecule is CC1(C)OC=C(Cn2cc(C#N)c3ccccc32)O1. The van der Waals surface area contributed by atoms with Crippen LogP contribution in [-0.4, -0.2) is 10.4 Å². The van der Waals surface area contributed by atoms with Crippen LogP contribution < -0.4 is 0 Å². The zero-order chi connectivity index (χ0) is 13.5. The van der Waals surface area contributed by atoms with E-state index in [4.69, 9.17) is 14.7 Å². The van der Waals surface area contributed by atoms with Crippen LogP contribution in [0.2, 0.25) is 0 Å². The summed E-state index contributed by atoms with van der Waals surface area (Å²) in [4.78, 5) is 0. The van der Waals surface area contributed by atoms with Gasteiger partial charge in [-0.3, -0.25) is 0 Å². The Labute approximate surface area is 111 Å². The molecular formula is C15H14N2O2. The summed E-state index contributed by atoms with van der Waals surface area (Å²) in [6.07, 6.45) is 3.49. The molecule has 0 spiro atoms. The minimum absolute atomic E-state index is 0.561. The molecule has 0 amide bonds. The number of nitrogens with zero attached hydrogens (tertiary/aromatic N) is 2. The summed E-state index contributed by atoms with van der Waals surface area (Å²) in [5.74, 6) is 0.159. The fourth-order valence-electron chi connectivity index (χ4n) is 2.28. The lowest BCUT2D eigenvalue weighted by molar-refractivity contribution is -0.118. The smallest absolute Gasteiger partial charge is 0.244 e. The van der Waals surface area contributed by atoms with Crippen molar-refractivity contribution in [1.29, 1.82) is 5.26 Å². The first-order valence-electron chi connectivity index (χ1n) is 6.13. The monoisotopic (exact) mass is 254 g/mol. The number of nitriles is 1. The molecule has 0 aliphatic carbocycles. The van der Waals surface area contributed by atoms with E-state index in [1.165, 1.54) is 0 Å². The molecule has 2 aromatic rings. The lowest BCUT2D eigenvalue weighted by atomic mass is 10.2. The summed E-state index contributed by atoms with van der Waals surface area (Å²) < 4.78 is 13.1. The number of allylic oxidation sites excluding steroid dienone is 1. The predicted octanol–water partition coefficient (Wildman–Crippen LogP) is 3.14. The van der Waals surface area contributed by atoms with Crippen LogP contribution in [0.4, 0.5) is 0 Å². The Morgan fingerprint density at radius 2 is 2.11 bits per heavy atom. The Morgan fingerprint density at radius 3 is 2.79 bits per heavy atom. The normalized spacial score (nSPS) is 16.6. The molecule has 4 heteroatoms. The molecule has 0 N–H and O–H groups in total. The molecule has 1 aromatic heterocycles. The van der Waals surface area contributed by atoms with Crippen LogP contribution >= 0.6 is 0 Å². The highest BCUT2D eigenvalue weighted by molar-refractivity contribution is 5.86. The van der Waals surface area contributed by atoms with Crippen LogP contribution in [0.15, 0.2) is 42.5 Å². The topological polar surface area (TPSA) is 47.2 Å². The van der Waals surface area contributed by atoms with Gasteiger partial charge in [-0.15, -0.1) is 0 Å². The summed E-state index contributed by atoms with van der Waals surface area (Å²) in [5, 5.41) is 10.1. The van der Waals surface area contributed by atoms with Crippen LogP contribution in [0.3, 0.4) is 0 Å². The molecule has 0 unspecified atom stereocenters. The summed E-state index contributed by atoms with van der Waals surface area (Å²) in [6.45, 7) is 4.29. The van der Waals surface area contributed by atoms with Gasteiger partial charge >= 0.3 is 0 Å². The summed E-state index contributed by atoms with van der Waals surface area (Å²) in [5.41, 5.74) is 1.70. The first kappa shape index (κ1) is 11.7. The average Bonchev–Trinajstić information content (AvgIpc) is 2.91. The summed E-state index contributed by atoms with van der Waals surface area (Å²) in [7, 11) is 0. The van der Waals surface area contributed by atoms with E-state index in [1.807, 2.05) is 48.9 Å². The maximum Gasteiger partial charge on any atom is 0.244 e. The molecule has 96 valence electrons. The second kappa shape index (κ2) is 4.06. The third-order valence-corrected chi connectivity index (χ3v) is 3.09. The first-order chi connectivity index (χ1) is 9.09. The zero-order valence-corrected chi connectivity index (χ0v) is 10.9. The minimum atomic E-state index is -0.601. The van der Waals surface area contributed by atoms with E-state index in [1.54, 1.807) is 6.26 Å². The van der Waals surface area contributed by atoms with Gasteiger partial charge in [-0.25, -0.2) is 0 Å². The Kier molecular flexibility index (Phi) is 2.49. The predicted molar refractivity (Wildman–Crippen MR) is 71.0 cm³/mol. The lowest BCUT2D eigenvalue weighted by Gasteiger charge is -2.18. The molecule has 0 radical (unpaired) electrons. The van der Waals surface area contributed by atoms with E-state index < -0.39 is 5.79 Å². The van der Waals surface area contributed by atoms with Gasteiger partial charge < -0.3 is 14.0 Å². The van der Waals surface area contributed by atoms with Crippen molar-refractivity contribution in [3.8, 4) is 6.07 Å². The van der Waals surface area contributed by atoms with Gasteiger partial charge in [-0.05, 0) is 6.07 Å². The standard InChI is InChI=1S/C15H14N2O2/c1-15(2)18-10-12(19-15)9-17-8-11(7-16)13-5-3-4-6-14(13)17/h3-6,8,10H,9H2,1-2H3. The molecular weight excluding hydrogens is 240 g/mol. The van der Waals surface area contributed by atoms with E-state index in [9.17, 15) is 0 Å². The van der Waals surface area contributed by atoms with E-state index in [-0.39, 0.29) is 0 Å². The average molecular weight is 254 g/mol. The minimum Gasteiger partial charge on any atom is -0.457 e. The van der Waals surface area contributed by atoms with Gasteiger partial charge in [0.15, 0.2) is 5.76 Å². The van der Waals surface area contributed by atoms with Crippen molar-refractivity contribution >= 4 is 10.9 Å². The van der Waals surface area contributed by atoms with Crippen LogP contribution in [0, 0.1) is 11.3 Å². The van der Waals surface area contributed by atoms with Crippen molar-refractivity contribution in [3.05, 3.63) is 48.0 Å². The van der Waals surface area contributed by atoms with Gasteiger partial charge in [0, 0.05) is 30.9 Å². The number of fused-ring (bicyclic) bond motifs is 1. The van der Waals surface area contributed by atoms with E-state index in [0.717, 1.165) is 16.7 Å². The fraction of sp³-hybridized carbons (Fsp3) is 0.267. The maximum absolute atomic E-state index is 9.16. The third-order valence-electron chi connectivity index (χ3n) is 3.09. The highest BCUT2D eigenvalue weighted by Crippen LogP contribution is 2.27. The largest absolute Gasteiger partial charge is 0.457 e. The van der Waals surface area contributed by atoms with Gasteiger partial charge in [0.25, 0.3) is 0 Å². The molecule has 1 aromatic carbocycles. The molecule has 19 heavy (non-hydrogen) atoms. The molecule has 0 fully saturated rings. The number of rotatable bonds is 2. The van der Waals surface area contributed by atoms with Gasteiger partial charge in [0.05, 0.1) is 12.1 Å². The van der Waals surface area contributed by atoms with Gasteiger partial charge in [-0.1, -0.05) is 18.2 Å². The Balaban J connectivity index is 1.97. The highest BCUT2D eigenvalue weighted by atomic mass is 16.7. The first-order valence-corrected chi connectivity index (χ1v) is 6.13. The van der Waals surface area contributed by atoms with E-state index in [0.29, 0.717) is 12.1 Å². The van der Waals surface area contributed by atoms with Crippen LogP contribution in [-0.2, 0) is 16.0 Å². The Morgan fingerprint density at radius 1 is 1.32 bits per heavy atom. The van der Waals surface area contributed by atoms with Crippen molar-refractivity contribution in [1.82, 2.24) is 4.57 Å². The van der Waals surface area contributed by atoms with E-state index in [2.05, 4.69) is 6.07 Å². The number of hydrogen-bond donors (Lipinski definition) is 0. The molecule has 3 rings (SSSR count). The van der Waals surface area contributed by atoms with Crippen molar-refractivity contribution in [2.75, 3.05) is 0 Å². The lowest BCUT2D eigenvalue weighted by Crippen LogP contribution is -2.20. The molecule has 2 heterocycles. The van der Waals surface area contributed by atoms with E-state index >= 15 is 0 Å². The molecule has 0 saturated heterocycles. The number of ether oxygens (including phenoxy) is 2. The zero-order valence-electron chi connectivity index (χ0n) is 10.9. The fourth-order valence-corrected chi connectivity index (χ4v) is 2.28. The Hall–Kier alpha value is -2.41. The van der Waals surface area contributed by atoms with Gasteiger partial charge in [-0.2, -0.15) is 5.26 Å². The number of aromatic nitrogens is 1. The third kappa shape index (κ3) is 2.04. The van der Waals surface area contributed by atoms with Crippen molar-refractivity contribution < 1.29 is 9.47 Å². The highest BCUT2D eigenvalue weighted by Gasteiger charge is 2.27. The molecule has 0 atom stereocenters. The number of para-hydroxylation sites is 1. The summed E-state index contributed by atoms with van der Waals surface area (Å²) in [6, 6.07) is 10.1. The molecule has 4 nitrogen and oxygen atoms in total. The number of benzene rings is 1. The molecule has 0 bridgehead atoms. The molecule has 1 aliphatic heterocycles. The second-order valence-electron chi connectivity index (χ2n) is 5.00. The van der Waals surface area contributed by atoms with Crippen molar-refractivity contribution in [2.45, 2.75) is 26.2 Å². The van der Waals surface area contributed by atoms with Crippen molar-refractivity contribution in [3.63, 3.8) is 0 Å². The molecule has 0 saturated carbocycles. The van der Waals surface area contributed by atoms with Crippen LogP contribution in [0.5, 0.6) is 0 Å². The quantitative estimate of drug-likeness (QED) is 0.827. The maximum atomic E-state index is 9.16. The van der Waals surface area contributed by atoms with Crippen LogP contribution in [0.25, 0.3) is 10.9 Å². The van der Waals surface area contributed by atoms with Gasteiger partial charge in [0.1, 0.15) is 12.3 Å². The second-order valence-corrected chi connectivity index (χ2v) is 5.00. The van der Waals surface area contributed by atoms with Crippen molar-refractivity contribution in [2.24, 2.45) is 0 Å². The summed E-state index contributed by atoms with van der Waals surface area (Å²) >= 11 is 0. The van der Waals surface area contributed by atoms with Crippen LogP contribution in [0.1, 0.15) is 19.4 Å². The van der Waals surface area contributed by atoms with Gasteiger partial charge in [0.2, 0.25) is 5.79 Å². The molecule has 1 aliphatic rings. The number of hydrogen-bond acceptors (Lipinski definition) is 3. The Bertz CT molecular complexity index is 704.